The van der Waals surface area contributed by atoms with Crippen molar-refractivity contribution in [2.75, 3.05) is 10.0 Å². The molecule has 0 aromatic heterocycles. The summed E-state index contributed by atoms with van der Waals surface area (Å²) in [6.45, 7) is 1.95. The van der Waals surface area contributed by atoms with Crippen molar-refractivity contribution in [2.24, 2.45) is 0 Å². The summed E-state index contributed by atoms with van der Waals surface area (Å²) < 4.78 is 41.0. The molecule has 0 spiro atoms. The van der Waals surface area contributed by atoms with Gasteiger partial charge in [-0.25, -0.2) is 12.8 Å². The third kappa shape index (κ3) is 4.87. The van der Waals surface area contributed by atoms with Crippen molar-refractivity contribution in [3.63, 3.8) is 0 Å². The van der Waals surface area contributed by atoms with Gasteiger partial charge < -0.3 is 5.32 Å². The van der Waals surface area contributed by atoms with E-state index in [4.69, 9.17) is 0 Å². The second-order valence-corrected chi connectivity index (χ2v) is 8.92. The number of carbonyl (C=O) groups is 1. The minimum absolute atomic E-state index is 0.0275. The van der Waals surface area contributed by atoms with Crippen LogP contribution in [0, 0.1) is 16.3 Å². The summed E-state index contributed by atoms with van der Waals surface area (Å²) in [6, 6.07) is 16.3. The maximum Gasteiger partial charge on any atom is 0.261 e. The van der Waals surface area contributed by atoms with Gasteiger partial charge >= 0.3 is 0 Å². The van der Waals surface area contributed by atoms with Gasteiger partial charge in [0.05, 0.1) is 10.5 Å². The number of amides is 1. The van der Waals surface area contributed by atoms with Crippen molar-refractivity contribution < 1.29 is 17.6 Å². The van der Waals surface area contributed by atoms with Crippen molar-refractivity contribution in [2.45, 2.75) is 11.8 Å². The number of hydrogen-bond donors (Lipinski definition) is 2. The number of sulfonamides is 1. The summed E-state index contributed by atoms with van der Waals surface area (Å²) in [5.41, 5.74) is 2.33. The number of aryl methyl sites for hydroxylation is 1. The number of nitrogens with one attached hydrogen (secondary N) is 2. The molecule has 3 aromatic carbocycles. The largest absolute Gasteiger partial charge is 0.322 e. The molecule has 0 aliphatic carbocycles. The van der Waals surface area contributed by atoms with Gasteiger partial charge in [-0.2, -0.15) is 0 Å². The van der Waals surface area contributed by atoms with Gasteiger partial charge in [-0.05, 0) is 90.2 Å². The van der Waals surface area contributed by atoms with Gasteiger partial charge in [-0.15, -0.1) is 0 Å². The smallest absolute Gasteiger partial charge is 0.261 e. The highest BCUT2D eigenvalue weighted by Crippen LogP contribution is 2.20. The molecule has 0 bridgehead atoms. The second kappa shape index (κ2) is 8.27. The lowest BCUT2D eigenvalue weighted by atomic mass is 10.1. The highest BCUT2D eigenvalue weighted by molar-refractivity contribution is 14.1. The Morgan fingerprint density at radius 2 is 1.54 bits per heavy atom. The molecule has 5 nitrogen and oxygen atoms in total. The quantitative estimate of drug-likeness (QED) is 0.485. The van der Waals surface area contributed by atoms with Crippen LogP contribution in [0.2, 0.25) is 0 Å². The molecule has 144 valence electrons. The first-order valence-electron chi connectivity index (χ1n) is 8.20. The molecule has 0 saturated carbocycles. The highest BCUT2D eigenvalue weighted by Gasteiger charge is 2.15. The van der Waals surface area contributed by atoms with Gasteiger partial charge in [-0.1, -0.05) is 11.6 Å². The van der Waals surface area contributed by atoms with Crippen LogP contribution in [0.25, 0.3) is 0 Å². The first-order valence-corrected chi connectivity index (χ1v) is 10.8. The molecule has 3 rings (SSSR count). The number of hydrogen-bond acceptors (Lipinski definition) is 3. The standard InChI is InChI=1S/C20H16FIN2O3S/c1-13-2-11-18(19(22)12-13)20(25)23-15-7-9-17(10-8-15)28(26,27)24-16-5-3-14(21)4-6-16/h2-12,24H,1H3,(H,23,25). The lowest BCUT2D eigenvalue weighted by molar-refractivity contribution is 0.102. The average molecular weight is 510 g/mol. The van der Waals surface area contributed by atoms with Gasteiger partial charge in [0.15, 0.2) is 0 Å². The second-order valence-electron chi connectivity index (χ2n) is 6.07. The lowest BCUT2D eigenvalue weighted by Gasteiger charge is -2.10. The van der Waals surface area contributed by atoms with E-state index in [2.05, 4.69) is 32.6 Å². The van der Waals surface area contributed by atoms with Crippen LogP contribution in [-0.2, 0) is 10.0 Å². The molecule has 1 amide bonds. The topological polar surface area (TPSA) is 75.3 Å². The molecule has 0 saturated heterocycles. The molecule has 0 heterocycles. The van der Waals surface area contributed by atoms with Crippen LogP contribution < -0.4 is 10.0 Å². The minimum atomic E-state index is -3.82. The Morgan fingerprint density at radius 1 is 0.929 bits per heavy atom. The van der Waals surface area contributed by atoms with Gasteiger partial charge in [-0.3, -0.25) is 9.52 Å². The Labute approximate surface area is 176 Å². The first-order chi connectivity index (χ1) is 13.2. The van der Waals surface area contributed by atoms with Crippen molar-refractivity contribution in [1.29, 1.82) is 0 Å². The zero-order valence-electron chi connectivity index (χ0n) is 14.7. The van der Waals surface area contributed by atoms with Gasteiger partial charge in [0.1, 0.15) is 5.82 Å². The highest BCUT2D eigenvalue weighted by atomic mass is 127. The number of benzene rings is 3. The minimum Gasteiger partial charge on any atom is -0.322 e. The lowest BCUT2D eigenvalue weighted by Crippen LogP contribution is -2.15. The fourth-order valence-corrected chi connectivity index (χ4v) is 4.43. The first kappa shape index (κ1) is 20.3. The molecule has 2 N–H and O–H groups in total. The molecule has 3 aromatic rings. The van der Waals surface area contributed by atoms with Crippen LogP contribution in [0.15, 0.2) is 71.6 Å². The molecule has 28 heavy (non-hydrogen) atoms. The Morgan fingerprint density at radius 3 is 2.14 bits per heavy atom. The maximum absolute atomic E-state index is 12.9. The summed E-state index contributed by atoms with van der Waals surface area (Å²) in [4.78, 5) is 12.4. The van der Waals surface area contributed by atoms with Crippen molar-refractivity contribution in [3.8, 4) is 0 Å². The summed E-state index contributed by atoms with van der Waals surface area (Å²) in [5.74, 6) is -0.726. The molecule has 0 atom stereocenters. The molecule has 8 heteroatoms. The molecule has 0 radical (unpaired) electrons. The van der Waals surface area contributed by atoms with Crippen LogP contribution in [0.3, 0.4) is 0 Å². The van der Waals surface area contributed by atoms with E-state index >= 15 is 0 Å². The van der Waals surface area contributed by atoms with Gasteiger partial charge in [0.25, 0.3) is 15.9 Å². The number of rotatable bonds is 5. The van der Waals surface area contributed by atoms with Gasteiger partial charge in [0, 0.05) is 14.9 Å². The van der Waals surface area contributed by atoms with E-state index < -0.39 is 15.8 Å². The molecular weight excluding hydrogens is 494 g/mol. The van der Waals surface area contributed by atoms with E-state index in [1.807, 2.05) is 19.1 Å². The van der Waals surface area contributed by atoms with Crippen LogP contribution in [0.1, 0.15) is 15.9 Å². The normalized spacial score (nSPS) is 11.1. The van der Waals surface area contributed by atoms with Crippen LogP contribution in [0.5, 0.6) is 0 Å². The number of halogens is 2. The van der Waals surface area contributed by atoms with E-state index in [-0.39, 0.29) is 16.5 Å². The third-order valence-corrected chi connectivity index (χ3v) is 6.18. The van der Waals surface area contributed by atoms with Crippen molar-refractivity contribution in [1.82, 2.24) is 0 Å². The maximum atomic E-state index is 12.9. The molecule has 0 unspecified atom stereocenters. The van der Waals surface area contributed by atoms with Gasteiger partial charge in [0.2, 0.25) is 0 Å². The van der Waals surface area contributed by atoms with E-state index in [0.29, 0.717) is 11.3 Å². The summed E-state index contributed by atoms with van der Waals surface area (Å²) >= 11 is 2.10. The monoisotopic (exact) mass is 510 g/mol. The number of anilines is 2. The molecule has 0 aliphatic rings. The van der Waals surface area contributed by atoms with Crippen molar-refractivity contribution in [3.05, 3.63) is 87.2 Å². The predicted octanol–water partition coefficient (Wildman–Crippen LogP) is 4.79. The summed E-state index contributed by atoms with van der Waals surface area (Å²) in [7, 11) is -3.82. The Bertz CT molecular complexity index is 1120. The van der Waals surface area contributed by atoms with Crippen LogP contribution in [-0.4, -0.2) is 14.3 Å². The fraction of sp³-hybridized carbons (Fsp3) is 0.0500. The molecular formula is C20H16FIN2O3S. The van der Waals surface area contributed by atoms with Crippen LogP contribution >= 0.6 is 22.6 Å². The fourth-order valence-electron chi connectivity index (χ4n) is 2.45. The average Bonchev–Trinajstić information content (AvgIpc) is 2.64. The Kier molecular flexibility index (Phi) is 5.99. The molecule has 0 aliphatic heterocycles. The Balaban J connectivity index is 1.73. The van der Waals surface area contributed by atoms with Crippen LogP contribution in [0.4, 0.5) is 15.8 Å². The van der Waals surface area contributed by atoms with E-state index in [0.717, 1.165) is 9.13 Å². The molecule has 0 fully saturated rings. The van der Waals surface area contributed by atoms with E-state index in [1.165, 1.54) is 48.5 Å². The number of carbonyl (C=O) groups excluding carboxylic acids is 1. The Hall–Kier alpha value is -2.46. The van der Waals surface area contributed by atoms with E-state index in [1.54, 1.807) is 6.07 Å². The SMILES string of the molecule is Cc1ccc(C(=O)Nc2ccc(S(=O)(=O)Nc3ccc(F)cc3)cc2)c(I)c1. The third-order valence-electron chi connectivity index (χ3n) is 3.89. The summed E-state index contributed by atoms with van der Waals surface area (Å²) in [6.07, 6.45) is 0. The zero-order valence-corrected chi connectivity index (χ0v) is 17.7. The predicted molar refractivity (Wildman–Crippen MR) is 115 cm³/mol. The zero-order chi connectivity index (χ0) is 20.3. The van der Waals surface area contributed by atoms with E-state index in [9.17, 15) is 17.6 Å². The van der Waals surface area contributed by atoms with Crippen molar-refractivity contribution >= 4 is 49.9 Å². The summed E-state index contributed by atoms with van der Waals surface area (Å²) in [5, 5.41) is 2.75.